The maximum atomic E-state index is 13.0. The zero-order chi connectivity index (χ0) is 24.2. The van der Waals surface area contributed by atoms with E-state index in [-0.39, 0.29) is 22.1 Å². The molecule has 176 valence electrons. The summed E-state index contributed by atoms with van der Waals surface area (Å²) in [5.41, 5.74) is 1.73. The van der Waals surface area contributed by atoms with Crippen molar-refractivity contribution in [2.24, 2.45) is 0 Å². The van der Waals surface area contributed by atoms with Gasteiger partial charge in [0.05, 0.1) is 4.90 Å². The van der Waals surface area contributed by atoms with Crippen LogP contribution in [0.1, 0.15) is 49.5 Å². The fraction of sp³-hybridized carbons (Fsp3) is 0.360. The van der Waals surface area contributed by atoms with Gasteiger partial charge in [-0.3, -0.25) is 14.3 Å². The summed E-state index contributed by atoms with van der Waals surface area (Å²) in [6, 6.07) is 12.5. The molecule has 2 N–H and O–H groups in total. The molecule has 1 heterocycles. The van der Waals surface area contributed by atoms with Crippen LogP contribution in [0.5, 0.6) is 0 Å². The Kier molecular flexibility index (Phi) is 7.27. The van der Waals surface area contributed by atoms with Crippen molar-refractivity contribution >= 4 is 27.5 Å². The maximum Gasteiger partial charge on any atom is 0.261 e. The number of likely N-dealkylation sites (tertiary alicyclic amines) is 1. The van der Waals surface area contributed by atoms with E-state index >= 15 is 0 Å². The second-order valence-corrected chi connectivity index (χ2v) is 10.8. The fourth-order valence-electron chi connectivity index (χ4n) is 3.77. The molecule has 1 atom stereocenters. The molecular weight excluding hydrogens is 438 g/mol. The van der Waals surface area contributed by atoms with Crippen LogP contribution in [-0.2, 0) is 20.2 Å². The van der Waals surface area contributed by atoms with Gasteiger partial charge >= 0.3 is 0 Å². The summed E-state index contributed by atoms with van der Waals surface area (Å²) >= 11 is 0. The van der Waals surface area contributed by atoms with Crippen molar-refractivity contribution < 1.29 is 18.0 Å². The van der Waals surface area contributed by atoms with Gasteiger partial charge in [0.25, 0.3) is 15.9 Å². The van der Waals surface area contributed by atoms with Crippen molar-refractivity contribution in [3.8, 4) is 0 Å². The molecule has 3 rings (SSSR count). The van der Waals surface area contributed by atoms with Crippen LogP contribution >= 0.6 is 0 Å². The molecule has 1 aliphatic rings. The van der Waals surface area contributed by atoms with Gasteiger partial charge in [-0.25, -0.2) is 8.42 Å². The summed E-state index contributed by atoms with van der Waals surface area (Å²) < 4.78 is 28.1. The Labute approximate surface area is 195 Å². The van der Waals surface area contributed by atoms with Crippen molar-refractivity contribution in [3.63, 3.8) is 0 Å². The van der Waals surface area contributed by atoms with Gasteiger partial charge in [0.2, 0.25) is 5.91 Å². The molecule has 1 aliphatic heterocycles. The molecule has 2 aromatic rings. The lowest BCUT2D eigenvalue weighted by molar-refractivity contribution is -0.124. The molecule has 0 radical (unpaired) electrons. The summed E-state index contributed by atoms with van der Waals surface area (Å²) in [7, 11) is -3.76. The summed E-state index contributed by atoms with van der Waals surface area (Å²) in [6.45, 7) is 10.6. The number of carbonyl (C=O) groups is 2. The number of nitrogens with zero attached hydrogens (tertiary/aromatic N) is 1. The van der Waals surface area contributed by atoms with E-state index in [4.69, 9.17) is 0 Å². The predicted octanol–water partition coefficient (Wildman–Crippen LogP) is 3.69. The van der Waals surface area contributed by atoms with Crippen molar-refractivity contribution in [1.29, 1.82) is 0 Å². The molecule has 0 aromatic heterocycles. The summed E-state index contributed by atoms with van der Waals surface area (Å²) in [6.07, 6.45) is 2.96. The van der Waals surface area contributed by atoms with Crippen LogP contribution in [-0.4, -0.2) is 44.3 Å². The van der Waals surface area contributed by atoms with E-state index in [1.165, 1.54) is 0 Å². The van der Waals surface area contributed by atoms with E-state index in [2.05, 4.69) is 37.4 Å². The number of nitrogens with one attached hydrogen (secondary N) is 2. The molecule has 1 unspecified atom stereocenters. The lowest BCUT2D eigenvalue weighted by Gasteiger charge is -2.24. The van der Waals surface area contributed by atoms with E-state index < -0.39 is 16.1 Å². The normalized spacial score (nSPS) is 16.3. The Morgan fingerprint density at radius 2 is 1.73 bits per heavy atom. The van der Waals surface area contributed by atoms with Crippen molar-refractivity contribution in [2.45, 2.75) is 50.0 Å². The predicted molar refractivity (Wildman–Crippen MR) is 130 cm³/mol. The first-order valence-electron chi connectivity index (χ1n) is 11.0. The van der Waals surface area contributed by atoms with Crippen LogP contribution in [0.3, 0.4) is 0 Å². The molecule has 1 fully saturated rings. The Balaban J connectivity index is 1.70. The monoisotopic (exact) mass is 469 g/mol. The lowest BCUT2D eigenvalue weighted by atomic mass is 9.87. The third-order valence-corrected chi connectivity index (χ3v) is 7.05. The van der Waals surface area contributed by atoms with Gasteiger partial charge in [0.15, 0.2) is 0 Å². The first-order chi connectivity index (χ1) is 15.5. The van der Waals surface area contributed by atoms with Gasteiger partial charge in [0, 0.05) is 24.3 Å². The Bertz CT molecular complexity index is 1120. The van der Waals surface area contributed by atoms with Crippen LogP contribution in [0, 0.1) is 0 Å². The number of carbonyl (C=O) groups excluding carboxylic acids is 2. The Morgan fingerprint density at radius 3 is 2.30 bits per heavy atom. The standard InChI is InChI=1S/C25H31N3O4S/c1-5-16-26-23(29)22-7-6-17-28(22)24(30)18-8-12-20(13-9-18)27-33(31,32)21-14-10-19(11-15-21)25(2,3)4/h5,8-15,22,27H,1,6-7,16-17H2,2-4H3,(H,26,29). The molecule has 0 aliphatic carbocycles. The van der Waals surface area contributed by atoms with Gasteiger partial charge in [-0.15, -0.1) is 6.58 Å². The zero-order valence-corrected chi connectivity index (χ0v) is 20.1. The van der Waals surface area contributed by atoms with Crippen molar-refractivity contribution in [3.05, 3.63) is 72.3 Å². The molecule has 0 saturated carbocycles. The number of sulfonamides is 1. The maximum absolute atomic E-state index is 13.0. The number of anilines is 1. The quantitative estimate of drug-likeness (QED) is 0.605. The Hall–Kier alpha value is -3.13. The first-order valence-corrected chi connectivity index (χ1v) is 12.4. The smallest absolute Gasteiger partial charge is 0.261 e. The number of rotatable bonds is 7. The van der Waals surface area contributed by atoms with E-state index in [9.17, 15) is 18.0 Å². The number of hydrogen-bond acceptors (Lipinski definition) is 4. The van der Waals surface area contributed by atoms with E-state index in [1.807, 2.05) is 12.1 Å². The van der Waals surface area contributed by atoms with Gasteiger partial charge in [-0.1, -0.05) is 39.0 Å². The second-order valence-electron chi connectivity index (χ2n) is 9.15. The van der Waals surface area contributed by atoms with Gasteiger partial charge in [0.1, 0.15) is 6.04 Å². The second kappa shape index (κ2) is 9.79. The fourth-order valence-corrected chi connectivity index (χ4v) is 4.83. The number of hydrogen-bond donors (Lipinski definition) is 2. The van der Waals surface area contributed by atoms with Crippen LogP contribution in [0.2, 0.25) is 0 Å². The topological polar surface area (TPSA) is 95.6 Å². The van der Waals surface area contributed by atoms with Crippen molar-refractivity contribution in [2.75, 3.05) is 17.8 Å². The average Bonchev–Trinajstić information content (AvgIpc) is 3.27. The SMILES string of the molecule is C=CCNC(=O)C1CCCN1C(=O)c1ccc(NS(=O)(=O)c2ccc(C(C)(C)C)cc2)cc1. The summed E-state index contributed by atoms with van der Waals surface area (Å²) in [5, 5.41) is 2.74. The van der Waals surface area contributed by atoms with Gasteiger partial charge in [-0.05, 0) is 60.2 Å². The lowest BCUT2D eigenvalue weighted by Crippen LogP contribution is -2.46. The van der Waals surface area contributed by atoms with Crippen LogP contribution in [0.15, 0.2) is 66.1 Å². The molecular formula is C25H31N3O4S. The van der Waals surface area contributed by atoms with Gasteiger partial charge < -0.3 is 10.2 Å². The van der Waals surface area contributed by atoms with Crippen LogP contribution in [0.4, 0.5) is 5.69 Å². The average molecular weight is 470 g/mol. The minimum Gasteiger partial charge on any atom is -0.351 e. The van der Waals surface area contributed by atoms with E-state index in [0.29, 0.717) is 30.8 Å². The number of benzene rings is 2. The molecule has 7 nitrogen and oxygen atoms in total. The highest BCUT2D eigenvalue weighted by Gasteiger charge is 2.34. The van der Waals surface area contributed by atoms with Crippen molar-refractivity contribution in [1.82, 2.24) is 10.2 Å². The summed E-state index contributed by atoms with van der Waals surface area (Å²) in [5.74, 6) is -0.443. The first kappa shape index (κ1) is 24.5. The molecule has 1 saturated heterocycles. The van der Waals surface area contributed by atoms with Crippen LogP contribution in [0.25, 0.3) is 0 Å². The third kappa shape index (κ3) is 5.82. The highest BCUT2D eigenvalue weighted by molar-refractivity contribution is 7.92. The summed E-state index contributed by atoms with van der Waals surface area (Å²) in [4.78, 5) is 27.0. The van der Waals surface area contributed by atoms with Gasteiger partial charge in [-0.2, -0.15) is 0 Å². The molecule has 2 aromatic carbocycles. The minimum atomic E-state index is -3.76. The molecule has 0 spiro atoms. The zero-order valence-electron chi connectivity index (χ0n) is 19.3. The highest BCUT2D eigenvalue weighted by Crippen LogP contribution is 2.25. The molecule has 0 bridgehead atoms. The largest absolute Gasteiger partial charge is 0.351 e. The molecule has 2 amide bonds. The van der Waals surface area contributed by atoms with E-state index in [1.54, 1.807) is 47.4 Å². The Morgan fingerprint density at radius 1 is 1.09 bits per heavy atom. The van der Waals surface area contributed by atoms with Crippen LogP contribution < -0.4 is 10.0 Å². The minimum absolute atomic E-state index is 0.0707. The number of amides is 2. The third-order valence-electron chi connectivity index (χ3n) is 5.65. The van der Waals surface area contributed by atoms with E-state index in [0.717, 1.165) is 12.0 Å². The molecule has 33 heavy (non-hydrogen) atoms. The highest BCUT2D eigenvalue weighted by atomic mass is 32.2. The molecule has 8 heteroatoms.